The summed E-state index contributed by atoms with van der Waals surface area (Å²) in [6.07, 6.45) is 6.36. The Bertz CT molecular complexity index is 373. The summed E-state index contributed by atoms with van der Waals surface area (Å²) in [6.45, 7) is 4.73. The summed E-state index contributed by atoms with van der Waals surface area (Å²) in [6, 6.07) is 7.98. The van der Waals surface area contributed by atoms with Crippen molar-refractivity contribution in [3.05, 3.63) is 24.3 Å². The Hall–Kier alpha value is -1.18. The Morgan fingerprint density at radius 3 is 2.82 bits per heavy atom. The van der Waals surface area contributed by atoms with Crippen molar-refractivity contribution in [2.24, 2.45) is 5.41 Å². The molecule has 1 saturated carbocycles. The first-order valence-electron chi connectivity index (χ1n) is 6.61. The summed E-state index contributed by atoms with van der Waals surface area (Å²) in [5.41, 5.74) is 1.53. The van der Waals surface area contributed by atoms with Crippen LogP contribution in [-0.4, -0.2) is 11.1 Å². The molecule has 0 bridgehead atoms. The fraction of sp³-hybridized carbons (Fsp3) is 0.600. The molecule has 94 valence electrons. The van der Waals surface area contributed by atoms with E-state index in [9.17, 15) is 5.11 Å². The molecule has 1 atom stereocenters. The summed E-state index contributed by atoms with van der Waals surface area (Å²) < 4.78 is 0. The van der Waals surface area contributed by atoms with E-state index in [0.717, 1.165) is 5.69 Å². The van der Waals surface area contributed by atoms with Crippen LogP contribution in [0.1, 0.15) is 46.0 Å². The first-order chi connectivity index (χ1) is 8.05. The molecule has 0 heterocycles. The number of benzene rings is 1. The molecule has 1 aromatic rings. The van der Waals surface area contributed by atoms with Crippen molar-refractivity contribution in [1.82, 2.24) is 0 Å². The van der Waals surface area contributed by atoms with Crippen molar-refractivity contribution in [3.63, 3.8) is 0 Å². The fourth-order valence-corrected chi connectivity index (χ4v) is 2.64. The van der Waals surface area contributed by atoms with Gasteiger partial charge in [-0.05, 0) is 43.2 Å². The Balaban J connectivity index is 1.95. The van der Waals surface area contributed by atoms with Crippen molar-refractivity contribution >= 4 is 5.69 Å². The number of phenols is 1. The lowest BCUT2D eigenvalue weighted by atomic mass is 9.85. The van der Waals surface area contributed by atoms with Gasteiger partial charge in [-0.25, -0.2) is 0 Å². The number of anilines is 1. The molecular formula is C15H23NO. The van der Waals surface area contributed by atoms with Crippen LogP contribution in [-0.2, 0) is 0 Å². The first kappa shape index (κ1) is 12.3. The molecule has 2 nitrogen and oxygen atoms in total. The number of rotatable bonds is 2. The average molecular weight is 233 g/mol. The molecule has 1 fully saturated rings. The molecule has 1 aliphatic rings. The van der Waals surface area contributed by atoms with Crippen LogP contribution in [0.15, 0.2) is 24.3 Å². The number of nitrogens with one attached hydrogen (secondary N) is 1. The third-order valence-corrected chi connectivity index (χ3v) is 3.79. The Morgan fingerprint density at radius 1 is 1.24 bits per heavy atom. The topological polar surface area (TPSA) is 32.3 Å². The van der Waals surface area contributed by atoms with Crippen LogP contribution >= 0.6 is 0 Å². The van der Waals surface area contributed by atoms with E-state index in [1.54, 1.807) is 12.1 Å². The van der Waals surface area contributed by atoms with Crippen molar-refractivity contribution in [2.75, 3.05) is 5.32 Å². The monoisotopic (exact) mass is 233 g/mol. The number of hydrogen-bond donors (Lipinski definition) is 2. The molecule has 0 spiro atoms. The number of aromatic hydroxyl groups is 1. The zero-order chi connectivity index (χ0) is 12.3. The van der Waals surface area contributed by atoms with Gasteiger partial charge >= 0.3 is 0 Å². The number of phenolic OH excluding ortho intramolecular Hbond substituents is 1. The van der Waals surface area contributed by atoms with Gasteiger partial charge in [0.15, 0.2) is 0 Å². The molecule has 0 aliphatic heterocycles. The summed E-state index contributed by atoms with van der Waals surface area (Å²) in [4.78, 5) is 0. The minimum atomic E-state index is 0.337. The third kappa shape index (κ3) is 3.65. The van der Waals surface area contributed by atoms with E-state index < -0.39 is 0 Å². The lowest BCUT2D eigenvalue weighted by Gasteiger charge is -2.22. The third-order valence-electron chi connectivity index (χ3n) is 3.79. The molecule has 2 N–H and O–H groups in total. The molecule has 2 rings (SSSR count). The summed E-state index contributed by atoms with van der Waals surface area (Å²) in [7, 11) is 0. The standard InChI is InChI=1S/C15H23NO/c1-15(2)9-4-6-12(8-10-15)16-13-5-3-7-14(17)11-13/h3,5,7,11-12,16-17H,4,6,8-10H2,1-2H3. The van der Waals surface area contributed by atoms with E-state index in [-0.39, 0.29) is 0 Å². The van der Waals surface area contributed by atoms with Gasteiger partial charge in [0.05, 0.1) is 0 Å². The molecule has 0 saturated heterocycles. The quantitative estimate of drug-likeness (QED) is 0.752. The van der Waals surface area contributed by atoms with Crippen LogP contribution in [0, 0.1) is 5.41 Å². The van der Waals surface area contributed by atoms with Crippen LogP contribution in [0.2, 0.25) is 0 Å². The summed E-state index contributed by atoms with van der Waals surface area (Å²) in [5, 5.41) is 13.0. The van der Waals surface area contributed by atoms with Crippen LogP contribution in [0.3, 0.4) is 0 Å². The van der Waals surface area contributed by atoms with Crippen molar-refractivity contribution in [2.45, 2.75) is 52.0 Å². The largest absolute Gasteiger partial charge is 0.508 e. The van der Waals surface area contributed by atoms with Gasteiger partial charge < -0.3 is 10.4 Å². The zero-order valence-electron chi connectivity index (χ0n) is 10.9. The van der Waals surface area contributed by atoms with Gasteiger partial charge in [-0.3, -0.25) is 0 Å². The summed E-state index contributed by atoms with van der Waals surface area (Å²) in [5.74, 6) is 0.337. The summed E-state index contributed by atoms with van der Waals surface area (Å²) >= 11 is 0. The van der Waals surface area contributed by atoms with Gasteiger partial charge in [0.25, 0.3) is 0 Å². The highest BCUT2D eigenvalue weighted by atomic mass is 16.3. The van der Waals surface area contributed by atoms with Gasteiger partial charge in [-0.15, -0.1) is 0 Å². The second kappa shape index (κ2) is 4.99. The van der Waals surface area contributed by atoms with Crippen LogP contribution in [0.5, 0.6) is 5.75 Å². The van der Waals surface area contributed by atoms with Crippen molar-refractivity contribution in [1.29, 1.82) is 0 Å². The van der Waals surface area contributed by atoms with E-state index in [1.807, 2.05) is 12.1 Å². The SMILES string of the molecule is CC1(C)CCCC(Nc2cccc(O)c2)CC1. The zero-order valence-corrected chi connectivity index (χ0v) is 10.9. The molecule has 0 radical (unpaired) electrons. The molecule has 0 amide bonds. The minimum absolute atomic E-state index is 0.337. The molecular weight excluding hydrogens is 210 g/mol. The maximum atomic E-state index is 9.44. The van der Waals surface area contributed by atoms with E-state index in [0.29, 0.717) is 17.2 Å². The van der Waals surface area contributed by atoms with Crippen molar-refractivity contribution in [3.8, 4) is 5.75 Å². The van der Waals surface area contributed by atoms with E-state index >= 15 is 0 Å². The normalized spacial score (nSPS) is 24.0. The first-order valence-corrected chi connectivity index (χ1v) is 6.61. The maximum absolute atomic E-state index is 9.44. The van der Waals surface area contributed by atoms with E-state index in [4.69, 9.17) is 0 Å². The highest BCUT2D eigenvalue weighted by Gasteiger charge is 2.24. The predicted octanol–water partition coefficient (Wildman–Crippen LogP) is 4.16. The predicted molar refractivity (Wildman–Crippen MR) is 72.4 cm³/mol. The molecule has 1 aromatic carbocycles. The highest BCUT2D eigenvalue weighted by Crippen LogP contribution is 2.34. The molecule has 17 heavy (non-hydrogen) atoms. The van der Waals surface area contributed by atoms with Gasteiger partial charge in [0.2, 0.25) is 0 Å². The average Bonchev–Trinajstić information content (AvgIpc) is 2.41. The molecule has 2 heteroatoms. The minimum Gasteiger partial charge on any atom is -0.508 e. The second-order valence-corrected chi connectivity index (χ2v) is 5.99. The van der Waals surface area contributed by atoms with Gasteiger partial charge in [0, 0.05) is 17.8 Å². The Labute approximate surface area is 104 Å². The second-order valence-electron chi connectivity index (χ2n) is 5.99. The number of hydrogen-bond acceptors (Lipinski definition) is 2. The van der Waals surface area contributed by atoms with Crippen LogP contribution in [0.4, 0.5) is 5.69 Å². The Kier molecular flexibility index (Phi) is 3.60. The van der Waals surface area contributed by atoms with E-state index in [1.165, 1.54) is 32.1 Å². The fourth-order valence-electron chi connectivity index (χ4n) is 2.64. The highest BCUT2D eigenvalue weighted by molar-refractivity contribution is 5.48. The van der Waals surface area contributed by atoms with Gasteiger partial charge in [-0.1, -0.05) is 26.3 Å². The maximum Gasteiger partial charge on any atom is 0.117 e. The lowest BCUT2D eigenvalue weighted by molar-refractivity contribution is 0.313. The lowest BCUT2D eigenvalue weighted by Crippen LogP contribution is -2.19. The van der Waals surface area contributed by atoms with Gasteiger partial charge in [-0.2, -0.15) is 0 Å². The van der Waals surface area contributed by atoms with E-state index in [2.05, 4.69) is 19.2 Å². The van der Waals surface area contributed by atoms with Crippen LogP contribution in [0.25, 0.3) is 0 Å². The molecule has 1 unspecified atom stereocenters. The van der Waals surface area contributed by atoms with Crippen molar-refractivity contribution < 1.29 is 5.11 Å². The van der Waals surface area contributed by atoms with Gasteiger partial charge in [0.1, 0.15) is 5.75 Å². The molecule has 1 aliphatic carbocycles. The molecule has 0 aromatic heterocycles. The smallest absolute Gasteiger partial charge is 0.117 e. The van der Waals surface area contributed by atoms with Crippen LogP contribution < -0.4 is 5.32 Å². The Morgan fingerprint density at radius 2 is 2.06 bits per heavy atom.